The van der Waals surface area contributed by atoms with Crippen molar-refractivity contribution in [2.45, 2.75) is 45.7 Å². The largest absolute Gasteiger partial charge is 0.494 e. The summed E-state index contributed by atoms with van der Waals surface area (Å²) in [4.78, 5) is 21.0. The number of hydrogen-bond donors (Lipinski definition) is 1. The van der Waals surface area contributed by atoms with Gasteiger partial charge in [-0.05, 0) is 36.2 Å². The second-order valence-corrected chi connectivity index (χ2v) is 8.95. The number of halogens is 1. The number of fused-ring (bicyclic) bond motifs is 1. The van der Waals surface area contributed by atoms with Crippen LogP contribution >= 0.6 is 23.7 Å². The molecule has 1 amide bonds. The van der Waals surface area contributed by atoms with Gasteiger partial charge >= 0.3 is 0 Å². The third-order valence-corrected chi connectivity index (χ3v) is 6.41. The van der Waals surface area contributed by atoms with Gasteiger partial charge in [-0.1, -0.05) is 50.1 Å². The van der Waals surface area contributed by atoms with Crippen LogP contribution in [0.2, 0.25) is 0 Å². The van der Waals surface area contributed by atoms with Gasteiger partial charge in [-0.25, -0.2) is 4.98 Å². The van der Waals surface area contributed by atoms with Gasteiger partial charge in [-0.3, -0.25) is 15.0 Å². The van der Waals surface area contributed by atoms with Gasteiger partial charge in [0.1, 0.15) is 5.75 Å². The molecule has 5 nitrogen and oxygen atoms in total. The van der Waals surface area contributed by atoms with Crippen LogP contribution in [-0.4, -0.2) is 28.9 Å². The van der Waals surface area contributed by atoms with E-state index in [9.17, 15) is 4.79 Å². The fourth-order valence-corrected chi connectivity index (χ4v) is 4.74. The van der Waals surface area contributed by atoms with E-state index in [4.69, 9.17) is 4.74 Å². The van der Waals surface area contributed by atoms with E-state index >= 15 is 0 Å². The molecule has 32 heavy (non-hydrogen) atoms. The first-order valence-electron chi connectivity index (χ1n) is 11.0. The van der Waals surface area contributed by atoms with Gasteiger partial charge in [0.15, 0.2) is 5.13 Å². The lowest BCUT2D eigenvalue weighted by Gasteiger charge is -2.25. The quantitative estimate of drug-likeness (QED) is 0.392. The summed E-state index contributed by atoms with van der Waals surface area (Å²) in [7, 11) is 0. The molecule has 0 unspecified atom stereocenters. The summed E-state index contributed by atoms with van der Waals surface area (Å²) in [6.45, 7) is 5.69. The topological polar surface area (TPSA) is 54.5 Å². The highest BCUT2D eigenvalue weighted by atomic mass is 35.5. The molecule has 0 atom stereocenters. The number of ether oxygens (including phenoxy) is 1. The predicted octanol–water partition coefficient (Wildman–Crippen LogP) is 5.94. The van der Waals surface area contributed by atoms with E-state index in [0.717, 1.165) is 43.9 Å². The Bertz CT molecular complexity index is 992. The Morgan fingerprint density at radius 1 is 1.12 bits per heavy atom. The Kier molecular flexibility index (Phi) is 9.09. The highest BCUT2D eigenvalue weighted by Crippen LogP contribution is 2.29. The average molecular weight is 472 g/mol. The SMILES string of the molecule is CCCCCOc1ccc(C(=O)Nc2nc3c(s2)CN(Cc2ccccc2)CC3)cc1.Cl. The molecule has 3 aromatic rings. The first-order valence-corrected chi connectivity index (χ1v) is 11.8. The molecule has 0 saturated heterocycles. The second kappa shape index (κ2) is 12.0. The summed E-state index contributed by atoms with van der Waals surface area (Å²) >= 11 is 1.58. The van der Waals surface area contributed by atoms with Crippen LogP contribution in [-0.2, 0) is 19.5 Å². The molecule has 2 heterocycles. The van der Waals surface area contributed by atoms with E-state index in [1.807, 2.05) is 18.2 Å². The van der Waals surface area contributed by atoms with Crippen molar-refractivity contribution < 1.29 is 9.53 Å². The van der Waals surface area contributed by atoms with Gasteiger partial charge in [-0.15, -0.1) is 23.7 Å². The number of aromatic nitrogens is 1. The van der Waals surface area contributed by atoms with Crippen LogP contribution in [0.4, 0.5) is 5.13 Å². The van der Waals surface area contributed by atoms with E-state index in [2.05, 4.69) is 46.4 Å². The molecule has 0 saturated carbocycles. The summed E-state index contributed by atoms with van der Waals surface area (Å²) < 4.78 is 5.72. The van der Waals surface area contributed by atoms with Crippen molar-refractivity contribution in [3.63, 3.8) is 0 Å². The third-order valence-electron chi connectivity index (χ3n) is 5.41. The second-order valence-electron chi connectivity index (χ2n) is 7.87. The highest BCUT2D eigenvalue weighted by Gasteiger charge is 2.21. The van der Waals surface area contributed by atoms with Crippen LogP contribution < -0.4 is 10.1 Å². The molecule has 7 heteroatoms. The Balaban J connectivity index is 0.00000289. The zero-order valence-electron chi connectivity index (χ0n) is 18.4. The first kappa shape index (κ1) is 24.2. The maximum atomic E-state index is 12.6. The Hall–Kier alpha value is -2.41. The molecule has 1 aromatic heterocycles. The molecule has 4 rings (SSSR count). The molecular formula is C25H30ClN3O2S. The fraction of sp³-hybridized carbons (Fsp3) is 0.360. The first-order chi connectivity index (χ1) is 15.2. The minimum absolute atomic E-state index is 0. The van der Waals surface area contributed by atoms with Gasteiger partial charge in [-0.2, -0.15) is 0 Å². The van der Waals surface area contributed by atoms with Gasteiger partial charge in [0.05, 0.1) is 12.3 Å². The normalized spacial score (nSPS) is 13.2. The summed E-state index contributed by atoms with van der Waals surface area (Å²) in [5.74, 6) is 0.667. The molecule has 0 radical (unpaired) electrons. The molecule has 0 spiro atoms. The number of carbonyl (C=O) groups excluding carboxylic acids is 1. The molecule has 1 aliphatic heterocycles. The van der Waals surface area contributed by atoms with Gasteiger partial charge < -0.3 is 4.74 Å². The number of benzene rings is 2. The number of anilines is 1. The van der Waals surface area contributed by atoms with Gasteiger partial charge in [0.25, 0.3) is 5.91 Å². The number of hydrogen-bond acceptors (Lipinski definition) is 5. The standard InChI is InChI=1S/C25H29N3O2S.ClH/c1-2-3-7-16-30-21-12-10-20(11-13-21)24(29)27-25-26-22-14-15-28(18-23(22)31-25)17-19-8-5-4-6-9-19;/h4-6,8-13H,2-3,7,14-18H2,1H3,(H,26,27,29);1H. The van der Waals surface area contributed by atoms with Crippen molar-refractivity contribution in [3.8, 4) is 5.75 Å². The zero-order chi connectivity index (χ0) is 21.5. The summed E-state index contributed by atoms with van der Waals surface area (Å²) in [5.41, 5.74) is 3.04. The number of nitrogens with zero attached hydrogens (tertiary/aromatic N) is 2. The summed E-state index contributed by atoms with van der Waals surface area (Å²) in [5, 5.41) is 3.65. The lowest BCUT2D eigenvalue weighted by atomic mass is 10.1. The van der Waals surface area contributed by atoms with Crippen LogP contribution in [0.1, 0.15) is 52.7 Å². The van der Waals surface area contributed by atoms with Crippen LogP contribution in [0.15, 0.2) is 54.6 Å². The lowest BCUT2D eigenvalue weighted by Crippen LogP contribution is -2.29. The monoisotopic (exact) mass is 471 g/mol. The van der Waals surface area contributed by atoms with E-state index in [-0.39, 0.29) is 18.3 Å². The third kappa shape index (κ3) is 6.55. The number of unbranched alkanes of at least 4 members (excludes halogenated alkanes) is 2. The summed E-state index contributed by atoms with van der Waals surface area (Å²) in [6.07, 6.45) is 4.31. The maximum absolute atomic E-state index is 12.6. The molecule has 1 aliphatic rings. The van der Waals surface area contributed by atoms with Gasteiger partial charge in [0, 0.05) is 36.5 Å². The zero-order valence-corrected chi connectivity index (χ0v) is 20.0. The van der Waals surface area contributed by atoms with Crippen molar-refractivity contribution in [2.24, 2.45) is 0 Å². The Morgan fingerprint density at radius 3 is 2.66 bits per heavy atom. The van der Waals surface area contributed by atoms with Crippen LogP contribution in [0.5, 0.6) is 5.75 Å². The van der Waals surface area contributed by atoms with Gasteiger partial charge in [0.2, 0.25) is 0 Å². The molecule has 1 N–H and O–H groups in total. The molecular weight excluding hydrogens is 442 g/mol. The fourth-order valence-electron chi connectivity index (χ4n) is 3.69. The van der Waals surface area contributed by atoms with Crippen LogP contribution in [0.25, 0.3) is 0 Å². The smallest absolute Gasteiger partial charge is 0.257 e. The highest BCUT2D eigenvalue weighted by molar-refractivity contribution is 7.15. The van der Waals surface area contributed by atoms with E-state index < -0.39 is 0 Å². The van der Waals surface area contributed by atoms with Crippen LogP contribution in [0, 0.1) is 0 Å². The van der Waals surface area contributed by atoms with Crippen molar-refractivity contribution in [3.05, 3.63) is 76.3 Å². The van der Waals surface area contributed by atoms with Crippen LogP contribution in [0.3, 0.4) is 0 Å². The Morgan fingerprint density at radius 2 is 1.91 bits per heavy atom. The molecule has 0 aliphatic carbocycles. The summed E-state index contributed by atoms with van der Waals surface area (Å²) in [6, 6.07) is 17.9. The number of rotatable bonds is 9. The molecule has 0 fully saturated rings. The lowest BCUT2D eigenvalue weighted by molar-refractivity contribution is 0.102. The van der Waals surface area contributed by atoms with E-state index in [1.165, 1.54) is 23.3 Å². The molecule has 2 aromatic carbocycles. The number of nitrogens with one attached hydrogen (secondary N) is 1. The minimum atomic E-state index is -0.134. The molecule has 170 valence electrons. The average Bonchev–Trinajstić information content (AvgIpc) is 3.19. The Labute approximate surface area is 200 Å². The predicted molar refractivity (Wildman–Crippen MR) is 133 cm³/mol. The van der Waals surface area contributed by atoms with E-state index in [1.54, 1.807) is 23.5 Å². The van der Waals surface area contributed by atoms with Crippen molar-refractivity contribution in [1.29, 1.82) is 0 Å². The maximum Gasteiger partial charge on any atom is 0.257 e. The number of thiazole rings is 1. The van der Waals surface area contributed by atoms with Crippen molar-refractivity contribution in [1.82, 2.24) is 9.88 Å². The minimum Gasteiger partial charge on any atom is -0.494 e. The number of amides is 1. The van der Waals surface area contributed by atoms with Crippen molar-refractivity contribution in [2.75, 3.05) is 18.5 Å². The van der Waals surface area contributed by atoms with Crippen molar-refractivity contribution >= 4 is 34.8 Å². The number of carbonyl (C=O) groups is 1. The molecule has 0 bridgehead atoms. The van der Waals surface area contributed by atoms with E-state index in [0.29, 0.717) is 17.3 Å².